The molecule has 0 saturated carbocycles. The quantitative estimate of drug-likeness (QED) is 0.468. The zero-order valence-electron chi connectivity index (χ0n) is 17.0. The van der Waals surface area contributed by atoms with E-state index in [1.54, 1.807) is 48.7 Å². The van der Waals surface area contributed by atoms with Crippen molar-refractivity contribution in [2.75, 3.05) is 22.5 Å². The first-order valence-electron chi connectivity index (χ1n) is 9.73. The second-order valence-corrected chi connectivity index (χ2v) is 6.80. The third-order valence-electron chi connectivity index (χ3n) is 4.25. The summed E-state index contributed by atoms with van der Waals surface area (Å²) < 4.78 is 0. The molecule has 8 heteroatoms. The van der Waals surface area contributed by atoms with Crippen LogP contribution in [-0.4, -0.2) is 29.4 Å². The van der Waals surface area contributed by atoms with E-state index in [9.17, 15) is 14.4 Å². The van der Waals surface area contributed by atoms with Gasteiger partial charge in [-0.05, 0) is 55.0 Å². The van der Waals surface area contributed by atoms with Crippen molar-refractivity contribution in [1.82, 2.24) is 10.3 Å². The second-order valence-electron chi connectivity index (χ2n) is 6.80. The summed E-state index contributed by atoms with van der Waals surface area (Å²) in [6.07, 6.45) is 1.78. The largest absolute Gasteiger partial charge is 0.337 e. The Morgan fingerprint density at radius 2 is 1.52 bits per heavy atom. The summed E-state index contributed by atoms with van der Waals surface area (Å²) >= 11 is 0. The summed E-state index contributed by atoms with van der Waals surface area (Å²) in [4.78, 5) is 40.3. The van der Waals surface area contributed by atoms with Crippen molar-refractivity contribution in [3.63, 3.8) is 0 Å². The van der Waals surface area contributed by atoms with Gasteiger partial charge in [0, 0.05) is 36.1 Å². The van der Waals surface area contributed by atoms with Gasteiger partial charge >= 0.3 is 6.03 Å². The van der Waals surface area contributed by atoms with E-state index in [0.717, 1.165) is 5.56 Å². The summed E-state index contributed by atoms with van der Waals surface area (Å²) in [5.41, 5.74) is 2.70. The number of urea groups is 1. The van der Waals surface area contributed by atoms with Crippen molar-refractivity contribution in [2.45, 2.75) is 13.3 Å². The highest BCUT2D eigenvalue weighted by Crippen LogP contribution is 2.12. The number of anilines is 3. The van der Waals surface area contributed by atoms with Crippen LogP contribution < -0.4 is 21.3 Å². The Hall–Kier alpha value is -4.20. The number of nitrogens with one attached hydrogen (secondary N) is 4. The molecular formula is C23H23N5O3. The molecule has 0 radical (unpaired) electrons. The lowest BCUT2D eigenvalue weighted by molar-refractivity contribution is -0.116. The van der Waals surface area contributed by atoms with Gasteiger partial charge in [-0.3, -0.25) is 9.59 Å². The summed E-state index contributed by atoms with van der Waals surface area (Å²) in [5, 5.41) is 10.7. The van der Waals surface area contributed by atoms with E-state index in [1.807, 2.05) is 31.2 Å². The molecule has 0 saturated heterocycles. The van der Waals surface area contributed by atoms with E-state index < -0.39 is 6.03 Å². The predicted molar refractivity (Wildman–Crippen MR) is 120 cm³/mol. The first-order valence-corrected chi connectivity index (χ1v) is 9.73. The Kier molecular flexibility index (Phi) is 7.31. The summed E-state index contributed by atoms with van der Waals surface area (Å²) in [6, 6.07) is 18.8. The van der Waals surface area contributed by atoms with E-state index in [2.05, 4.69) is 26.3 Å². The number of aryl methyl sites for hydroxylation is 1. The second kappa shape index (κ2) is 10.5. The van der Waals surface area contributed by atoms with Crippen LogP contribution in [0.2, 0.25) is 0 Å². The minimum atomic E-state index is -0.442. The van der Waals surface area contributed by atoms with Crippen LogP contribution >= 0.6 is 0 Å². The van der Waals surface area contributed by atoms with E-state index in [-0.39, 0.29) is 24.8 Å². The highest BCUT2D eigenvalue weighted by Gasteiger charge is 2.08. The number of pyridine rings is 1. The number of hydrogen-bond acceptors (Lipinski definition) is 4. The molecule has 0 aliphatic heterocycles. The molecule has 3 aromatic rings. The molecule has 0 spiro atoms. The first kappa shape index (κ1) is 21.5. The number of amides is 4. The van der Waals surface area contributed by atoms with Gasteiger partial charge in [-0.25, -0.2) is 9.78 Å². The number of para-hydroxylation sites is 1. The van der Waals surface area contributed by atoms with Crippen LogP contribution in [0.3, 0.4) is 0 Å². The Balaban J connectivity index is 1.40. The molecule has 0 fully saturated rings. The summed E-state index contributed by atoms with van der Waals surface area (Å²) in [5.74, 6) is -0.0156. The third-order valence-corrected chi connectivity index (χ3v) is 4.25. The molecule has 0 bridgehead atoms. The van der Waals surface area contributed by atoms with Gasteiger partial charge in [0.25, 0.3) is 5.91 Å². The number of benzene rings is 2. The van der Waals surface area contributed by atoms with Crippen molar-refractivity contribution in [2.24, 2.45) is 0 Å². The van der Waals surface area contributed by atoms with Crippen LogP contribution in [0.4, 0.5) is 22.0 Å². The molecular weight excluding hydrogens is 394 g/mol. The number of rotatable bonds is 7. The SMILES string of the molecule is Cc1ccc(NC(=O)CCNC(=O)Nc2ccc(C(=O)Nc3ccccc3)cc2)nc1. The van der Waals surface area contributed by atoms with Gasteiger partial charge in [-0.2, -0.15) is 0 Å². The van der Waals surface area contributed by atoms with E-state index in [0.29, 0.717) is 22.8 Å². The maximum absolute atomic E-state index is 12.2. The maximum atomic E-state index is 12.2. The lowest BCUT2D eigenvalue weighted by atomic mass is 10.2. The molecule has 1 heterocycles. The highest BCUT2D eigenvalue weighted by molar-refractivity contribution is 6.04. The van der Waals surface area contributed by atoms with Crippen LogP contribution in [-0.2, 0) is 4.79 Å². The minimum absolute atomic E-state index is 0.113. The smallest absolute Gasteiger partial charge is 0.319 e. The third kappa shape index (κ3) is 6.97. The van der Waals surface area contributed by atoms with Gasteiger partial charge in [-0.1, -0.05) is 24.3 Å². The standard InChI is InChI=1S/C23H23N5O3/c1-16-7-12-20(25-15-16)28-21(29)13-14-24-23(31)27-19-10-8-17(9-11-19)22(30)26-18-5-3-2-4-6-18/h2-12,15H,13-14H2,1H3,(H,26,30)(H2,24,27,31)(H,25,28,29). The number of carbonyl (C=O) groups excluding carboxylic acids is 3. The predicted octanol–water partition coefficient (Wildman–Crippen LogP) is 3.79. The van der Waals surface area contributed by atoms with Gasteiger partial charge in [-0.15, -0.1) is 0 Å². The van der Waals surface area contributed by atoms with E-state index in [4.69, 9.17) is 0 Å². The Bertz CT molecular complexity index is 1040. The monoisotopic (exact) mass is 417 g/mol. The Labute approximate surface area is 180 Å². The van der Waals surface area contributed by atoms with Crippen LogP contribution in [0.15, 0.2) is 72.9 Å². The Morgan fingerprint density at radius 3 is 2.19 bits per heavy atom. The number of hydrogen-bond donors (Lipinski definition) is 4. The van der Waals surface area contributed by atoms with Crippen LogP contribution in [0.1, 0.15) is 22.3 Å². The zero-order valence-corrected chi connectivity index (χ0v) is 17.0. The van der Waals surface area contributed by atoms with Crippen LogP contribution in [0.5, 0.6) is 0 Å². The van der Waals surface area contributed by atoms with Gasteiger partial charge in [0.05, 0.1) is 0 Å². The molecule has 0 aliphatic carbocycles. The van der Waals surface area contributed by atoms with Gasteiger partial charge in [0.1, 0.15) is 5.82 Å². The van der Waals surface area contributed by atoms with E-state index in [1.165, 1.54) is 0 Å². The molecule has 2 aromatic carbocycles. The van der Waals surface area contributed by atoms with Crippen molar-refractivity contribution in [3.05, 3.63) is 84.1 Å². The minimum Gasteiger partial charge on any atom is -0.337 e. The fourth-order valence-electron chi connectivity index (χ4n) is 2.64. The molecule has 0 unspecified atom stereocenters. The zero-order chi connectivity index (χ0) is 22.1. The summed E-state index contributed by atoms with van der Waals surface area (Å²) in [7, 11) is 0. The number of nitrogens with zero attached hydrogens (tertiary/aromatic N) is 1. The average Bonchev–Trinajstić information content (AvgIpc) is 2.76. The van der Waals surface area contributed by atoms with E-state index >= 15 is 0 Å². The molecule has 0 atom stereocenters. The first-order chi connectivity index (χ1) is 15.0. The number of carbonyl (C=O) groups is 3. The van der Waals surface area contributed by atoms with Crippen molar-refractivity contribution >= 4 is 35.0 Å². The lowest BCUT2D eigenvalue weighted by Crippen LogP contribution is -2.31. The van der Waals surface area contributed by atoms with Gasteiger partial charge < -0.3 is 21.3 Å². The molecule has 4 N–H and O–H groups in total. The van der Waals surface area contributed by atoms with Gasteiger partial charge in [0.15, 0.2) is 0 Å². The normalized spacial score (nSPS) is 10.1. The molecule has 1 aromatic heterocycles. The maximum Gasteiger partial charge on any atom is 0.319 e. The number of aromatic nitrogens is 1. The molecule has 31 heavy (non-hydrogen) atoms. The average molecular weight is 417 g/mol. The molecule has 3 rings (SSSR count). The van der Waals surface area contributed by atoms with Crippen molar-refractivity contribution in [1.29, 1.82) is 0 Å². The molecule has 8 nitrogen and oxygen atoms in total. The fourth-order valence-corrected chi connectivity index (χ4v) is 2.64. The highest BCUT2D eigenvalue weighted by atomic mass is 16.2. The molecule has 0 aliphatic rings. The van der Waals surface area contributed by atoms with Gasteiger partial charge in [0.2, 0.25) is 5.91 Å². The fraction of sp³-hybridized carbons (Fsp3) is 0.130. The van der Waals surface area contributed by atoms with Crippen LogP contribution in [0, 0.1) is 6.92 Å². The lowest BCUT2D eigenvalue weighted by Gasteiger charge is -2.09. The molecule has 4 amide bonds. The molecule has 158 valence electrons. The Morgan fingerprint density at radius 1 is 0.806 bits per heavy atom. The van der Waals surface area contributed by atoms with Crippen LogP contribution in [0.25, 0.3) is 0 Å². The topological polar surface area (TPSA) is 112 Å². The summed E-state index contributed by atoms with van der Waals surface area (Å²) in [6.45, 7) is 2.08. The van der Waals surface area contributed by atoms with Crippen molar-refractivity contribution in [3.8, 4) is 0 Å². The van der Waals surface area contributed by atoms with Crippen molar-refractivity contribution < 1.29 is 14.4 Å².